The first-order valence-corrected chi connectivity index (χ1v) is 5.65. The lowest BCUT2D eigenvalue weighted by atomic mass is 10.2. The Morgan fingerprint density at radius 3 is 2.89 bits per heavy atom. The average molecular weight is 268 g/mol. The van der Waals surface area contributed by atoms with Crippen LogP contribution in [0.5, 0.6) is 0 Å². The van der Waals surface area contributed by atoms with E-state index in [4.69, 9.17) is 5.11 Å². The molecule has 2 heterocycles. The fourth-order valence-corrected chi connectivity index (χ4v) is 2.27. The zero-order chi connectivity index (χ0) is 13.3. The highest BCUT2D eigenvalue weighted by Gasteiger charge is 2.16. The summed E-state index contributed by atoms with van der Waals surface area (Å²) in [6.07, 6.45) is 1.25. The van der Waals surface area contributed by atoms with E-state index in [0.717, 1.165) is 21.8 Å². The standard InChI is InChI=1S/C9H8N4O4S/c1-5-6(2-7(18-5)8(14)15)3-12-4-10-9(11-12)13(16)17/h2,4H,3H2,1H3,(H,14,15). The third-order valence-corrected chi connectivity index (χ3v) is 3.33. The Kier molecular flexibility index (Phi) is 3.06. The predicted molar refractivity (Wildman–Crippen MR) is 61.8 cm³/mol. The van der Waals surface area contributed by atoms with E-state index in [1.54, 1.807) is 6.92 Å². The van der Waals surface area contributed by atoms with Crippen LogP contribution in [0, 0.1) is 17.0 Å². The third kappa shape index (κ3) is 2.35. The number of nitrogens with zero attached hydrogens (tertiary/aromatic N) is 4. The van der Waals surface area contributed by atoms with E-state index < -0.39 is 16.8 Å². The van der Waals surface area contributed by atoms with Gasteiger partial charge in [0.1, 0.15) is 4.88 Å². The Hall–Kier alpha value is -2.29. The van der Waals surface area contributed by atoms with Gasteiger partial charge in [-0.25, -0.2) is 4.79 Å². The van der Waals surface area contributed by atoms with Crippen LogP contribution >= 0.6 is 11.3 Å². The largest absolute Gasteiger partial charge is 0.490 e. The number of rotatable bonds is 4. The van der Waals surface area contributed by atoms with Crippen LogP contribution in [0.15, 0.2) is 12.4 Å². The molecular weight excluding hydrogens is 260 g/mol. The molecule has 0 amide bonds. The number of carboxylic acid groups (broad SMARTS) is 1. The van der Waals surface area contributed by atoms with Crippen LogP contribution in [0.4, 0.5) is 5.95 Å². The third-order valence-electron chi connectivity index (χ3n) is 2.25. The maximum Gasteiger partial charge on any atom is 0.490 e. The fraction of sp³-hybridized carbons (Fsp3) is 0.222. The Balaban J connectivity index is 2.22. The van der Waals surface area contributed by atoms with Crippen LogP contribution in [0.1, 0.15) is 20.1 Å². The van der Waals surface area contributed by atoms with Gasteiger partial charge in [0.05, 0.1) is 6.54 Å². The summed E-state index contributed by atoms with van der Waals surface area (Å²) in [7, 11) is 0. The van der Waals surface area contributed by atoms with Crippen LogP contribution in [-0.2, 0) is 6.54 Å². The van der Waals surface area contributed by atoms with Crippen molar-refractivity contribution in [2.75, 3.05) is 0 Å². The molecule has 2 rings (SSSR count). The molecule has 0 atom stereocenters. The first kappa shape index (κ1) is 12.2. The van der Waals surface area contributed by atoms with E-state index in [9.17, 15) is 14.9 Å². The Morgan fingerprint density at radius 2 is 2.39 bits per heavy atom. The van der Waals surface area contributed by atoms with Crippen molar-refractivity contribution in [3.8, 4) is 0 Å². The molecule has 0 saturated carbocycles. The van der Waals surface area contributed by atoms with Crippen molar-refractivity contribution < 1.29 is 14.8 Å². The maximum atomic E-state index is 10.8. The summed E-state index contributed by atoms with van der Waals surface area (Å²) in [5, 5.41) is 22.9. The molecule has 0 unspecified atom stereocenters. The molecule has 0 aliphatic carbocycles. The first-order chi connectivity index (χ1) is 8.47. The smallest absolute Gasteiger partial charge is 0.477 e. The van der Waals surface area contributed by atoms with Gasteiger partial charge in [-0.3, -0.25) is 0 Å². The highest BCUT2D eigenvalue weighted by molar-refractivity contribution is 7.14. The lowest BCUT2D eigenvalue weighted by Crippen LogP contribution is -2.01. The van der Waals surface area contributed by atoms with E-state index in [1.165, 1.54) is 17.1 Å². The highest BCUT2D eigenvalue weighted by atomic mass is 32.1. The number of aryl methyl sites for hydroxylation is 1. The van der Waals surface area contributed by atoms with Gasteiger partial charge >= 0.3 is 11.9 Å². The molecule has 8 nitrogen and oxygen atoms in total. The van der Waals surface area contributed by atoms with Crippen molar-refractivity contribution in [2.45, 2.75) is 13.5 Å². The molecule has 1 N–H and O–H groups in total. The Labute approximate surface area is 105 Å². The van der Waals surface area contributed by atoms with Gasteiger partial charge in [-0.1, -0.05) is 4.98 Å². The molecule has 0 aliphatic heterocycles. The molecule has 0 fully saturated rings. The van der Waals surface area contributed by atoms with E-state index in [1.807, 2.05) is 0 Å². The van der Waals surface area contributed by atoms with E-state index in [0.29, 0.717) is 0 Å². The number of aromatic carboxylic acids is 1. The Morgan fingerprint density at radius 1 is 1.67 bits per heavy atom. The van der Waals surface area contributed by atoms with Crippen LogP contribution in [0.25, 0.3) is 0 Å². The van der Waals surface area contributed by atoms with Gasteiger partial charge in [-0.2, -0.15) is 4.68 Å². The number of aromatic nitrogens is 3. The first-order valence-electron chi connectivity index (χ1n) is 4.84. The van der Waals surface area contributed by atoms with Gasteiger partial charge in [0.15, 0.2) is 0 Å². The van der Waals surface area contributed by atoms with Crippen LogP contribution in [0.3, 0.4) is 0 Å². The van der Waals surface area contributed by atoms with Crippen molar-refractivity contribution in [1.82, 2.24) is 14.8 Å². The monoisotopic (exact) mass is 268 g/mol. The zero-order valence-corrected chi connectivity index (χ0v) is 10.0. The molecule has 18 heavy (non-hydrogen) atoms. The molecule has 0 radical (unpaired) electrons. The Bertz CT molecular complexity index is 618. The second kappa shape index (κ2) is 4.53. The molecular formula is C9H8N4O4S. The van der Waals surface area contributed by atoms with E-state index in [-0.39, 0.29) is 11.4 Å². The summed E-state index contributed by atoms with van der Waals surface area (Å²) < 4.78 is 1.30. The van der Waals surface area contributed by atoms with Crippen molar-refractivity contribution in [3.05, 3.63) is 37.8 Å². The number of nitro groups is 1. The quantitative estimate of drug-likeness (QED) is 0.660. The van der Waals surface area contributed by atoms with Crippen molar-refractivity contribution in [1.29, 1.82) is 0 Å². The number of thiophene rings is 1. The molecule has 2 aromatic heterocycles. The van der Waals surface area contributed by atoms with E-state index >= 15 is 0 Å². The van der Waals surface area contributed by atoms with Crippen LogP contribution < -0.4 is 0 Å². The molecule has 0 aliphatic rings. The summed E-state index contributed by atoms with van der Waals surface area (Å²) in [4.78, 5) is 25.1. The summed E-state index contributed by atoms with van der Waals surface area (Å²) in [5.41, 5.74) is 0.761. The number of hydrogen-bond acceptors (Lipinski definition) is 6. The normalized spacial score (nSPS) is 10.5. The second-order valence-corrected chi connectivity index (χ2v) is 4.75. The van der Waals surface area contributed by atoms with Gasteiger partial charge in [-0.15, -0.1) is 11.3 Å². The lowest BCUT2D eigenvalue weighted by molar-refractivity contribution is -0.394. The van der Waals surface area contributed by atoms with Crippen molar-refractivity contribution in [2.24, 2.45) is 0 Å². The van der Waals surface area contributed by atoms with E-state index in [2.05, 4.69) is 10.1 Å². The molecule has 0 bridgehead atoms. The summed E-state index contributed by atoms with van der Waals surface area (Å²) in [6, 6.07) is 1.54. The fourth-order valence-electron chi connectivity index (χ4n) is 1.40. The summed E-state index contributed by atoms with van der Waals surface area (Å²) in [5.74, 6) is -1.46. The highest BCUT2D eigenvalue weighted by Crippen LogP contribution is 2.22. The van der Waals surface area contributed by atoms with Gasteiger partial charge in [0.2, 0.25) is 6.33 Å². The minimum absolute atomic E-state index is 0.233. The SMILES string of the molecule is Cc1sc(C(=O)O)cc1Cn1cnc([N+](=O)[O-])n1. The van der Waals surface area contributed by atoms with Gasteiger partial charge in [-0.05, 0) is 23.5 Å². The second-order valence-electron chi connectivity index (χ2n) is 3.50. The van der Waals surface area contributed by atoms with Gasteiger partial charge in [0, 0.05) is 9.98 Å². The van der Waals surface area contributed by atoms with Crippen molar-refractivity contribution in [3.63, 3.8) is 0 Å². The summed E-state index contributed by atoms with van der Waals surface area (Å²) >= 11 is 1.16. The topological polar surface area (TPSA) is 111 Å². The minimum atomic E-state index is -0.987. The zero-order valence-electron chi connectivity index (χ0n) is 9.23. The van der Waals surface area contributed by atoms with Gasteiger partial charge < -0.3 is 15.2 Å². The minimum Gasteiger partial charge on any atom is -0.477 e. The number of hydrogen-bond donors (Lipinski definition) is 1. The van der Waals surface area contributed by atoms with Crippen molar-refractivity contribution >= 4 is 23.3 Å². The average Bonchev–Trinajstić information content (AvgIpc) is 2.87. The predicted octanol–water partition coefficient (Wildman–Crippen LogP) is 1.30. The van der Waals surface area contributed by atoms with Gasteiger partial charge in [0.25, 0.3) is 0 Å². The maximum absolute atomic E-state index is 10.8. The molecule has 94 valence electrons. The molecule has 0 saturated heterocycles. The summed E-state index contributed by atoms with van der Waals surface area (Å²) in [6.45, 7) is 2.05. The number of carboxylic acids is 1. The van der Waals surface area contributed by atoms with Crippen LogP contribution in [0.2, 0.25) is 0 Å². The molecule has 9 heteroatoms. The van der Waals surface area contributed by atoms with Crippen LogP contribution in [-0.4, -0.2) is 30.8 Å². The molecule has 2 aromatic rings. The molecule has 0 spiro atoms. The molecule has 0 aromatic carbocycles. The number of carbonyl (C=O) groups is 1. The lowest BCUT2D eigenvalue weighted by Gasteiger charge is -1.95.